The van der Waals surface area contributed by atoms with Crippen molar-refractivity contribution in [3.63, 3.8) is 0 Å². The van der Waals surface area contributed by atoms with Crippen molar-refractivity contribution in [2.45, 2.75) is 25.9 Å². The largest absolute Gasteiger partial charge is 0.393 e. The number of hydrogen-bond donors (Lipinski definition) is 1. The predicted octanol–water partition coefficient (Wildman–Crippen LogP) is 2.82. The van der Waals surface area contributed by atoms with Crippen molar-refractivity contribution in [2.24, 2.45) is 5.92 Å². The van der Waals surface area contributed by atoms with Crippen molar-refractivity contribution < 1.29 is 14.3 Å². The molecule has 0 aromatic heterocycles. The number of benzene rings is 1. The Morgan fingerprint density at radius 3 is 2.63 bits per heavy atom. The Labute approximate surface area is 120 Å². The van der Waals surface area contributed by atoms with E-state index in [4.69, 9.17) is 0 Å². The topological polar surface area (TPSA) is 40.5 Å². The van der Waals surface area contributed by atoms with E-state index < -0.39 is 5.82 Å². The van der Waals surface area contributed by atoms with Crippen molar-refractivity contribution in [1.82, 2.24) is 4.90 Å². The highest BCUT2D eigenvalue weighted by molar-refractivity contribution is 9.10. The third-order valence-electron chi connectivity index (χ3n) is 3.67. The molecule has 1 heterocycles. The molecule has 1 amide bonds. The minimum absolute atomic E-state index is 0.110. The number of aliphatic hydroxyl groups excluding tert-OH is 1. The Kier molecular flexibility index (Phi) is 4.58. The molecule has 0 radical (unpaired) electrons. The third-order valence-corrected chi connectivity index (χ3v) is 4.16. The first-order valence-corrected chi connectivity index (χ1v) is 7.20. The summed E-state index contributed by atoms with van der Waals surface area (Å²) < 4.78 is 14.4. The van der Waals surface area contributed by atoms with E-state index >= 15 is 0 Å². The van der Waals surface area contributed by atoms with E-state index in [0.29, 0.717) is 17.6 Å². The first-order valence-electron chi connectivity index (χ1n) is 6.41. The zero-order chi connectivity index (χ0) is 14.0. The number of halogens is 2. The first-order chi connectivity index (χ1) is 8.99. The fraction of sp³-hybridized carbons (Fsp3) is 0.500. The van der Waals surface area contributed by atoms with E-state index in [1.807, 2.05) is 0 Å². The van der Waals surface area contributed by atoms with Crippen molar-refractivity contribution in [2.75, 3.05) is 13.1 Å². The zero-order valence-corrected chi connectivity index (χ0v) is 12.4. The van der Waals surface area contributed by atoms with Gasteiger partial charge in [0.15, 0.2) is 0 Å². The van der Waals surface area contributed by atoms with Crippen LogP contribution >= 0.6 is 15.9 Å². The van der Waals surface area contributed by atoms with Crippen LogP contribution in [0.3, 0.4) is 0 Å². The van der Waals surface area contributed by atoms with E-state index in [-0.39, 0.29) is 23.5 Å². The average molecular weight is 330 g/mol. The molecule has 1 aromatic rings. The molecule has 3 nitrogen and oxygen atoms in total. The van der Waals surface area contributed by atoms with Gasteiger partial charge in [-0.1, -0.05) is 15.9 Å². The summed E-state index contributed by atoms with van der Waals surface area (Å²) in [5.74, 6) is -0.537. The molecule has 1 aliphatic rings. The minimum Gasteiger partial charge on any atom is -0.393 e. The number of aliphatic hydroxyl groups is 1. The highest BCUT2D eigenvalue weighted by Gasteiger charge is 2.27. The number of amides is 1. The van der Waals surface area contributed by atoms with Crippen molar-refractivity contribution in [3.05, 3.63) is 34.1 Å². The molecule has 1 aromatic carbocycles. The number of carbonyl (C=O) groups excluding carboxylic acids is 1. The third kappa shape index (κ3) is 3.34. The molecular formula is C14H17BrFNO2. The van der Waals surface area contributed by atoms with Crippen LogP contribution in [-0.2, 0) is 0 Å². The number of hydrogen-bond acceptors (Lipinski definition) is 2. The van der Waals surface area contributed by atoms with Crippen LogP contribution in [0.1, 0.15) is 30.1 Å². The van der Waals surface area contributed by atoms with Gasteiger partial charge in [-0.05, 0) is 43.9 Å². The van der Waals surface area contributed by atoms with Gasteiger partial charge < -0.3 is 10.0 Å². The van der Waals surface area contributed by atoms with Gasteiger partial charge in [0.05, 0.1) is 11.7 Å². The van der Waals surface area contributed by atoms with Gasteiger partial charge in [-0.3, -0.25) is 4.79 Å². The number of rotatable bonds is 2. The Morgan fingerprint density at radius 1 is 1.47 bits per heavy atom. The monoisotopic (exact) mass is 329 g/mol. The van der Waals surface area contributed by atoms with Gasteiger partial charge in [0.1, 0.15) is 5.82 Å². The normalized spacial score (nSPS) is 18.4. The van der Waals surface area contributed by atoms with E-state index in [0.717, 1.165) is 12.8 Å². The van der Waals surface area contributed by atoms with Crippen molar-refractivity contribution in [3.8, 4) is 0 Å². The lowest BCUT2D eigenvalue weighted by atomic mass is 9.92. The molecular weight excluding hydrogens is 313 g/mol. The Morgan fingerprint density at radius 2 is 2.11 bits per heavy atom. The molecule has 1 saturated heterocycles. The van der Waals surface area contributed by atoms with Crippen molar-refractivity contribution >= 4 is 21.8 Å². The van der Waals surface area contributed by atoms with Crippen LogP contribution in [0.25, 0.3) is 0 Å². The molecule has 0 saturated carbocycles. The van der Waals surface area contributed by atoms with Gasteiger partial charge in [0, 0.05) is 17.6 Å². The predicted molar refractivity (Wildman–Crippen MR) is 74.4 cm³/mol. The smallest absolute Gasteiger partial charge is 0.256 e. The van der Waals surface area contributed by atoms with Crippen LogP contribution in [0.5, 0.6) is 0 Å². The fourth-order valence-corrected chi connectivity index (χ4v) is 2.75. The van der Waals surface area contributed by atoms with Crippen LogP contribution in [0.2, 0.25) is 0 Å². The second-order valence-corrected chi connectivity index (χ2v) is 5.91. The average Bonchev–Trinajstić information content (AvgIpc) is 2.38. The maximum absolute atomic E-state index is 13.7. The molecule has 0 spiro atoms. The van der Waals surface area contributed by atoms with Crippen LogP contribution in [-0.4, -0.2) is 35.1 Å². The molecule has 19 heavy (non-hydrogen) atoms. The van der Waals surface area contributed by atoms with Crippen LogP contribution in [0.15, 0.2) is 22.7 Å². The maximum Gasteiger partial charge on any atom is 0.256 e. The van der Waals surface area contributed by atoms with Crippen LogP contribution in [0, 0.1) is 11.7 Å². The minimum atomic E-state index is -0.503. The Bertz CT molecular complexity index is 471. The number of likely N-dealkylation sites (tertiary alicyclic amines) is 1. The SMILES string of the molecule is CC(O)C1CCN(C(=O)c2ccc(Br)cc2F)CC1. The van der Waals surface area contributed by atoms with Gasteiger partial charge in [-0.25, -0.2) is 4.39 Å². The molecule has 1 aliphatic heterocycles. The van der Waals surface area contributed by atoms with Crippen LogP contribution < -0.4 is 0 Å². The molecule has 2 rings (SSSR count). The van der Waals surface area contributed by atoms with Crippen molar-refractivity contribution in [1.29, 1.82) is 0 Å². The summed E-state index contributed by atoms with van der Waals surface area (Å²) in [5, 5.41) is 9.53. The lowest BCUT2D eigenvalue weighted by Gasteiger charge is -2.33. The quantitative estimate of drug-likeness (QED) is 0.906. The molecule has 1 atom stereocenters. The zero-order valence-electron chi connectivity index (χ0n) is 10.8. The lowest BCUT2D eigenvalue weighted by molar-refractivity contribution is 0.0518. The van der Waals surface area contributed by atoms with Gasteiger partial charge in [0.2, 0.25) is 0 Å². The van der Waals surface area contributed by atoms with E-state index in [2.05, 4.69) is 15.9 Å². The Hall–Kier alpha value is -0.940. The summed E-state index contributed by atoms with van der Waals surface area (Å²) in [5.41, 5.74) is 0.110. The number of carbonyl (C=O) groups is 1. The summed E-state index contributed by atoms with van der Waals surface area (Å²) in [6, 6.07) is 4.47. The van der Waals surface area contributed by atoms with Gasteiger partial charge in [0.25, 0.3) is 5.91 Å². The van der Waals surface area contributed by atoms with E-state index in [9.17, 15) is 14.3 Å². The lowest BCUT2D eigenvalue weighted by Crippen LogP contribution is -2.41. The summed E-state index contributed by atoms with van der Waals surface area (Å²) in [4.78, 5) is 13.9. The van der Waals surface area contributed by atoms with Gasteiger partial charge in [-0.15, -0.1) is 0 Å². The van der Waals surface area contributed by atoms with E-state index in [1.54, 1.807) is 17.9 Å². The highest BCUT2D eigenvalue weighted by atomic mass is 79.9. The second-order valence-electron chi connectivity index (χ2n) is 4.99. The maximum atomic E-state index is 13.7. The number of nitrogens with zero attached hydrogens (tertiary/aromatic N) is 1. The van der Waals surface area contributed by atoms with Crippen LogP contribution in [0.4, 0.5) is 4.39 Å². The molecule has 1 unspecified atom stereocenters. The summed E-state index contributed by atoms with van der Waals surface area (Å²) in [6.07, 6.45) is 1.19. The molecule has 1 N–H and O–H groups in total. The molecule has 5 heteroatoms. The summed E-state index contributed by atoms with van der Waals surface area (Å²) >= 11 is 3.17. The Balaban J connectivity index is 2.05. The molecule has 0 bridgehead atoms. The second kappa shape index (κ2) is 6.01. The van der Waals surface area contributed by atoms with Gasteiger partial charge >= 0.3 is 0 Å². The first kappa shape index (κ1) is 14.5. The van der Waals surface area contributed by atoms with Gasteiger partial charge in [-0.2, -0.15) is 0 Å². The number of piperidine rings is 1. The summed E-state index contributed by atoms with van der Waals surface area (Å²) in [6.45, 7) is 2.92. The standard InChI is InChI=1S/C14H17BrFNO2/c1-9(18)10-4-6-17(7-5-10)14(19)12-3-2-11(15)8-13(12)16/h2-3,8-10,18H,4-7H2,1H3. The molecule has 0 aliphatic carbocycles. The molecule has 1 fully saturated rings. The molecule has 104 valence electrons. The van der Waals surface area contributed by atoms with E-state index in [1.165, 1.54) is 12.1 Å². The highest BCUT2D eigenvalue weighted by Crippen LogP contribution is 2.23. The fourth-order valence-electron chi connectivity index (χ4n) is 2.42. The summed E-state index contributed by atoms with van der Waals surface area (Å²) in [7, 11) is 0.